The number of rotatable bonds is 5. The molecule has 0 N–H and O–H groups in total. The molecule has 2 rings (SSSR count). The SMILES string of the molecule is CCCCCCC1=CC(=O)CC(=O)[C@@H]2CCCCC12. The van der Waals surface area contributed by atoms with E-state index in [9.17, 15) is 9.59 Å². The summed E-state index contributed by atoms with van der Waals surface area (Å²) in [5.41, 5.74) is 1.29. The number of Topliss-reactive ketones (excluding diaryl/α,β-unsaturated/α-hetero) is 1. The van der Waals surface area contributed by atoms with Crippen LogP contribution in [0.15, 0.2) is 11.6 Å². The highest BCUT2D eigenvalue weighted by Gasteiger charge is 2.35. The van der Waals surface area contributed by atoms with Gasteiger partial charge in [0.25, 0.3) is 0 Å². The van der Waals surface area contributed by atoms with Crippen LogP contribution in [0.25, 0.3) is 0 Å². The number of ketones is 2. The highest BCUT2D eigenvalue weighted by atomic mass is 16.1. The topological polar surface area (TPSA) is 34.1 Å². The predicted molar refractivity (Wildman–Crippen MR) is 76.9 cm³/mol. The molecule has 2 nitrogen and oxygen atoms in total. The van der Waals surface area contributed by atoms with Gasteiger partial charge in [0.15, 0.2) is 5.78 Å². The fourth-order valence-electron chi connectivity index (χ4n) is 3.64. The van der Waals surface area contributed by atoms with Gasteiger partial charge in [-0.25, -0.2) is 0 Å². The van der Waals surface area contributed by atoms with Crippen LogP contribution in [0.5, 0.6) is 0 Å². The van der Waals surface area contributed by atoms with Crippen molar-refractivity contribution in [1.82, 2.24) is 0 Å². The molecule has 0 amide bonds. The largest absolute Gasteiger partial charge is 0.299 e. The Hall–Kier alpha value is -0.920. The highest BCUT2D eigenvalue weighted by molar-refractivity contribution is 6.06. The normalized spacial score (nSPS) is 27.7. The van der Waals surface area contributed by atoms with Gasteiger partial charge < -0.3 is 0 Å². The van der Waals surface area contributed by atoms with Crippen molar-refractivity contribution in [2.24, 2.45) is 11.8 Å². The standard InChI is InChI=1S/C17H26O2/c1-2-3-4-5-8-13-11-14(18)12-17(19)16-10-7-6-9-15(13)16/h11,15-16H,2-10,12H2,1H3/t15?,16-/m1/s1. The molecule has 2 aliphatic carbocycles. The van der Waals surface area contributed by atoms with Gasteiger partial charge in [0.2, 0.25) is 0 Å². The van der Waals surface area contributed by atoms with Crippen molar-refractivity contribution in [1.29, 1.82) is 0 Å². The minimum Gasteiger partial charge on any atom is -0.299 e. The van der Waals surface area contributed by atoms with Gasteiger partial charge >= 0.3 is 0 Å². The predicted octanol–water partition coefficient (Wildman–Crippen LogP) is 4.23. The van der Waals surface area contributed by atoms with Crippen LogP contribution in [-0.2, 0) is 9.59 Å². The van der Waals surface area contributed by atoms with E-state index < -0.39 is 0 Å². The molecule has 106 valence electrons. The molecule has 0 radical (unpaired) electrons. The third kappa shape index (κ3) is 3.77. The summed E-state index contributed by atoms with van der Waals surface area (Å²) in [4.78, 5) is 24.0. The lowest BCUT2D eigenvalue weighted by Gasteiger charge is -2.31. The minimum absolute atomic E-state index is 0.0462. The van der Waals surface area contributed by atoms with Gasteiger partial charge in [-0.2, -0.15) is 0 Å². The second-order valence-corrected chi connectivity index (χ2v) is 6.14. The Bertz CT molecular complexity index is 367. The molecular formula is C17H26O2. The van der Waals surface area contributed by atoms with Crippen molar-refractivity contribution >= 4 is 11.6 Å². The molecule has 1 fully saturated rings. The number of hydrogen-bond donors (Lipinski definition) is 0. The summed E-state index contributed by atoms with van der Waals surface area (Å²) in [5, 5.41) is 0. The molecule has 0 spiro atoms. The van der Waals surface area contributed by atoms with Crippen LogP contribution >= 0.6 is 0 Å². The van der Waals surface area contributed by atoms with Crippen molar-refractivity contribution in [2.45, 2.75) is 71.1 Å². The van der Waals surface area contributed by atoms with Crippen LogP contribution in [-0.4, -0.2) is 11.6 Å². The first kappa shape index (κ1) is 14.5. The number of unbranched alkanes of at least 4 members (excludes halogenated alkanes) is 3. The summed E-state index contributed by atoms with van der Waals surface area (Å²) >= 11 is 0. The number of allylic oxidation sites excluding steroid dienone is 2. The van der Waals surface area contributed by atoms with Gasteiger partial charge in [-0.1, -0.05) is 44.6 Å². The van der Waals surface area contributed by atoms with E-state index in [0.717, 1.165) is 25.7 Å². The maximum absolute atomic E-state index is 12.1. The zero-order valence-electron chi connectivity index (χ0n) is 12.1. The molecule has 0 bridgehead atoms. The van der Waals surface area contributed by atoms with E-state index >= 15 is 0 Å². The molecule has 2 heteroatoms. The summed E-state index contributed by atoms with van der Waals surface area (Å²) < 4.78 is 0. The molecule has 0 aliphatic heterocycles. The Labute approximate surface area is 116 Å². The van der Waals surface area contributed by atoms with E-state index in [2.05, 4.69) is 6.92 Å². The summed E-state index contributed by atoms with van der Waals surface area (Å²) in [6.45, 7) is 2.21. The lowest BCUT2D eigenvalue weighted by atomic mass is 9.73. The van der Waals surface area contributed by atoms with Crippen LogP contribution in [0.2, 0.25) is 0 Å². The zero-order chi connectivity index (χ0) is 13.7. The third-order valence-electron chi connectivity index (χ3n) is 4.67. The van der Waals surface area contributed by atoms with Crippen molar-refractivity contribution in [3.8, 4) is 0 Å². The Morgan fingerprint density at radius 2 is 1.79 bits per heavy atom. The van der Waals surface area contributed by atoms with Gasteiger partial charge in [0, 0.05) is 5.92 Å². The zero-order valence-corrected chi connectivity index (χ0v) is 12.1. The smallest absolute Gasteiger partial charge is 0.163 e. The second-order valence-electron chi connectivity index (χ2n) is 6.14. The summed E-state index contributed by atoms with van der Waals surface area (Å²) in [6.07, 6.45) is 12.4. The quantitative estimate of drug-likeness (QED) is 0.549. The Kier molecular flexibility index (Phi) is 5.35. The molecular weight excluding hydrogens is 236 g/mol. The van der Waals surface area contributed by atoms with Gasteiger partial charge in [-0.05, 0) is 37.7 Å². The number of fused-ring (bicyclic) bond motifs is 1. The van der Waals surface area contributed by atoms with E-state index in [-0.39, 0.29) is 23.9 Å². The monoisotopic (exact) mass is 262 g/mol. The van der Waals surface area contributed by atoms with Gasteiger partial charge in [0.05, 0.1) is 6.42 Å². The van der Waals surface area contributed by atoms with E-state index in [1.165, 1.54) is 37.7 Å². The van der Waals surface area contributed by atoms with E-state index in [4.69, 9.17) is 0 Å². The van der Waals surface area contributed by atoms with Crippen LogP contribution in [0, 0.1) is 11.8 Å². The van der Waals surface area contributed by atoms with Gasteiger partial charge in [-0.15, -0.1) is 0 Å². The highest BCUT2D eigenvalue weighted by Crippen LogP contribution is 2.39. The summed E-state index contributed by atoms with van der Waals surface area (Å²) in [6, 6.07) is 0. The van der Waals surface area contributed by atoms with E-state index in [0.29, 0.717) is 5.92 Å². The molecule has 0 heterocycles. The molecule has 0 saturated heterocycles. The average molecular weight is 262 g/mol. The van der Waals surface area contributed by atoms with E-state index in [1.807, 2.05) is 6.08 Å². The Balaban J connectivity index is 2.04. The summed E-state index contributed by atoms with van der Waals surface area (Å²) in [5.74, 6) is 0.784. The van der Waals surface area contributed by atoms with Crippen LogP contribution < -0.4 is 0 Å². The first-order valence-corrected chi connectivity index (χ1v) is 7.98. The van der Waals surface area contributed by atoms with Crippen molar-refractivity contribution in [3.05, 3.63) is 11.6 Å². The minimum atomic E-state index is 0.0462. The molecule has 0 aromatic rings. The first-order valence-electron chi connectivity index (χ1n) is 7.98. The van der Waals surface area contributed by atoms with Crippen LogP contribution in [0.1, 0.15) is 71.1 Å². The fourth-order valence-corrected chi connectivity index (χ4v) is 3.64. The van der Waals surface area contributed by atoms with E-state index in [1.54, 1.807) is 0 Å². The Morgan fingerprint density at radius 1 is 1.05 bits per heavy atom. The molecule has 2 atom stereocenters. The van der Waals surface area contributed by atoms with Gasteiger partial charge in [0.1, 0.15) is 5.78 Å². The molecule has 1 unspecified atom stereocenters. The fraction of sp³-hybridized carbons (Fsp3) is 0.765. The Morgan fingerprint density at radius 3 is 2.53 bits per heavy atom. The molecule has 0 aromatic carbocycles. The van der Waals surface area contributed by atoms with Crippen molar-refractivity contribution < 1.29 is 9.59 Å². The summed E-state index contributed by atoms with van der Waals surface area (Å²) in [7, 11) is 0. The van der Waals surface area contributed by atoms with Crippen molar-refractivity contribution in [2.75, 3.05) is 0 Å². The van der Waals surface area contributed by atoms with Crippen LogP contribution in [0.3, 0.4) is 0 Å². The number of carbonyl (C=O) groups excluding carboxylic acids is 2. The molecule has 0 aromatic heterocycles. The maximum atomic E-state index is 12.1. The molecule has 1 saturated carbocycles. The van der Waals surface area contributed by atoms with Crippen LogP contribution in [0.4, 0.5) is 0 Å². The lowest BCUT2D eigenvalue weighted by Crippen LogP contribution is -2.27. The number of carbonyl (C=O) groups is 2. The van der Waals surface area contributed by atoms with Gasteiger partial charge in [-0.3, -0.25) is 9.59 Å². The third-order valence-corrected chi connectivity index (χ3v) is 4.67. The molecule has 19 heavy (non-hydrogen) atoms. The molecule has 2 aliphatic rings. The first-order chi connectivity index (χ1) is 9.22. The number of hydrogen-bond acceptors (Lipinski definition) is 2. The lowest BCUT2D eigenvalue weighted by molar-refractivity contribution is -0.128. The maximum Gasteiger partial charge on any atom is 0.163 e. The average Bonchev–Trinajstić information content (AvgIpc) is 2.53. The second kappa shape index (κ2) is 7.02. The van der Waals surface area contributed by atoms with Crippen molar-refractivity contribution in [3.63, 3.8) is 0 Å².